The summed E-state index contributed by atoms with van der Waals surface area (Å²) >= 11 is 0. The smallest absolute Gasteiger partial charge is 0.230 e. The van der Waals surface area contributed by atoms with Crippen molar-refractivity contribution >= 4 is 5.91 Å². The highest BCUT2D eigenvalue weighted by molar-refractivity contribution is 5.88. The number of halogens is 2. The molecule has 1 saturated heterocycles. The summed E-state index contributed by atoms with van der Waals surface area (Å²) in [6.45, 7) is 1.79. The summed E-state index contributed by atoms with van der Waals surface area (Å²) in [4.78, 5) is 15.6. The van der Waals surface area contributed by atoms with Crippen LogP contribution in [0.2, 0.25) is 0 Å². The van der Waals surface area contributed by atoms with E-state index in [9.17, 15) is 18.7 Å². The Kier molecular flexibility index (Phi) is 6.68. The van der Waals surface area contributed by atoms with Crippen molar-refractivity contribution < 1.29 is 18.7 Å². The zero-order chi connectivity index (χ0) is 21.8. The number of β-amino-alcohol motifs (C(OH)–C–C–N with tert-alkyl or cyclic N) is 1. The van der Waals surface area contributed by atoms with Crippen molar-refractivity contribution in [3.63, 3.8) is 0 Å². The minimum Gasteiger partial charge on any atom is -0.392 e. The predicted molar refractivity (Wildman–Crippen MR) is 116 cm³/mol. The lowest BCUT2D eigenvalue weighted by molar-refractivity contribution is -0.126. The molecule has 4 rings (SSSR count). The molecule has 2 aliphatic rings. The number of hydrogen-bond donors (Lipinski definition) is 2. The van der Waals surface area contributed by atoms with Gasteiger partial charge in [0.15, 0.2) is 0 Å². The van der Waals surface area contributed by atoms with Gasteiger partial charge in [-0.1, -0.05) is 37.1 Å². The molecule has 1 heterocycles. The van der Waals surface area contributed by atoms with Crippen LogP contribution in [0.25, 0.3) is 0 Å². The monoisotopic (exact) mass is 428 g/mol. The first-order chi connectivity index (χ1) is 15.0. The molecule has 0 bridgehead atoms. The maximum Gasteiger partial charge on any atom is 0.230 e. The van der Waals surface area contributed by atoms with Crippen LogP contribution in [0.3, 0.4) is 0 Å². The van der Waals surface area contributed by atoms with Crippen molar-refractivity contribution in [2.75, 3.05) is 19.6 Å². The maximum absolute atomic E-state index is 13.4. The van der Waals surface area contributed by atoms with Gasteiger partial charge in [-0.25, -0.2) is 8.78 Å². The van der Waals surface area contributed by atoms with Gasteiger partial charge in [-0.05, 0) is 61.1 Å². The molecule has 2 N–H and O–H groups in total. The highest BCUT2D eigenvalue weighted by Gasteiger charge is 2.43. The van der Waals surface area contributed by atoms with Gasteiger partial charge in [-0.15, -0.1) is 0 Å². The molecular weight excluding hydrogens is 398 g/mol. The van der Waals surface area contributed by atoms with Crippen LogP contribution in [0, 0.1) is 11.6 Å². The number of nitrogens with zero attached hydrogens (tertiary/aromatic N) is 1. The van der Waals surface area contributed by atoms with Gasteiger partial charge in [0, 0.05) is 25.7 Å². The molecule has 0 spiro atoms. The lowest BCUT2D eigenvalue weighted by Gasteiger charge is -2.32. The minimum absolute atomic E-state index is 0.0123. The van der Waals surface area contributed by atoms with E-state index >= 15 is 0 Å². The second kappa shape index (κ2) is 9.45. The Hall–Kier alpha value is -2.31. The van der Waals surface area contributed by atoms with Crippen molar-refractivity contribution in [3.05, 3.63) is 71.3 Å². The van der Waals surface area contributed by atoms with Crippen molar-refractivity contribution in [3.8, 4) is 0 Å². The topological polar surface area (TPSA) is 52.6 Å². The SMILES string of the molecule is O=C(NCC(Cc1ccc(F)cc1)N1CCC(O)C1)C1(c2ccc(F)cc2)CCCC1. The van der Waals surface area contributed by atoms with Crippen LogP contribution < -0.4 is 5.32 Å². The van der Waals surface area contributed by atoms with Crippen molar-refractivity contribution in [2.24, 2.45) is 0 Å². The summed E-state index contributed by atoms with van der Waals surface area (Å²) in [5, 5.41) is 13.2. The molecule has 1 aliphatic heterocycles. The van der Waals surface area contributed by atoms with Gasteiger partial charge in [-0.3, -0.25) is 9.69 Å². The van der Waals surface area contributed by atoms with E-state index < -0.39 is 5.41 Å². The van der Waals surface area contributed by atoms with Crippen molar-refractivity contribution in [2.45, 2.75) is 56.1 Å². The summed E-state index contributed by atoms with van der Waals surface area (Å²) in [6, 6.07) is 12.8. The van der Waals surface area contributed by atoms with Gasteiger partial charge in [0.1, 0.15) is 11.6 Å². The molecule has 0 aromatic heterocycles. The number of aliphatic hydroxyl groups is 1. The zero-order valence-electron chi connectivity index (χ0n) is 17.7. The second-order valence-electron chi connectivity index (χ2n) is 8.93. The summed E-state index contributed by atoms with van der Waals surface area (Å²) < 4.78 is 26.7. The lowest BCUT2D eigenvalue weighted by atomic mass is 9.78. The van der Waals surface area contributed by atoms with E-state index in [1.807, 2.05) is 0 Å². The Morgan fingerprint density at radius 3 is 2.26 bits per heavy atom. The molecule has 0 radical (unpaired) electrons. The molecule has 1 saturated carbocycles. The average Bonchev–Trinajstić information content (AvgIpc) is 3.43. The van der Waals surface area contributed by atoms with Gasteiger partial charge >= 0.3 is 0 Å². The number of nitrogens with one attached hydrogen (secondary N) is 1. The largest absolute Gasteiger partial charge is 0.392 e. The van der Waals surface area contributed by atoms with Crippen LogP contribution in [0.5, 0.6) is 0 Å². The van der Waals surface area contributed by atoms with Gasteiger partial charge in [0.25, 0.3) is 0 Å². The maximum atomic E-state index is 13.4. The summed E-state index contributed by atoms with van der Waals surface area (Å²) in [7, 11) is 0. The number of amides is 1. The predicted octanol–water partition coefficient (Wildman–Crippen LogP) is 3.57. The quantitative estimate of drug-likeness (QED) is 0.709. The highest BCUT2D eigenvalue weighted by atomic mass is 19.1. The van der Waals surface area contributed by atoms with Crippen LogP contribution in [-0.4, -0.2) is 47.7 Å². The van der Waals surface area contributed by atoms with Crippen LogP contribution in [0.4, 0.5) is 8.78 Å². The third kappa shape index (κ3) is 4.96. The van der Waals surface area contributed by atoms with Gasteiger partial charge in [0.05, 0.1) is 11.5 Å². The number of likely N-dealkylation sites (tertiary alicyclic amines) is 1. The van der Waals surface area contributed by atoms with E-state index in [1.165, 1.54) is 24.3 Å². The van der Waals surface area contributed by atoms with E-state index in [0.717, 1.165) is 43.4 Å². The molecule has 166 valence electrons. The molecule has 2 atom stereocenters. The summed E-state index contributed by atoms with van der Waals surface area (Å²) in [5.74, 6) is -0.586. The van der Waals surface area contributed by atoms with E-state index in [4.69, 9.17) is 0 Å². The van der Waals surface area contributed by atoms with Crippen LogP contribution in [-0.2, 0) is 16.6 Å². The Balaban J connectivity index is 1.49. The highest BCUT2D eigenvalue weighted by Crippen LogP contribution is 2.41. The fraction of sp³-hybridized carbons (Fsp3) is 0.480. The fourth-order valence-electron chi connectivity index (χ4n) is 5.10. The number of benzene rings is 2. The van der Waals surface area contributed by atoms with E-state index in [1.54, 1.807) is 24.3 Å². The molecule has 1 amide bonds. The normalized spacial score (nSPS) is 21.8. The number of rotatable bonds is 7. The molecule has 2 fully saturated rings. The molecule has 2 aromatic rings. The van der Waals surface area contributed by atoms with Crippen molar-refractivity contribution in [1.29, 1.82) is 0 Å². The van der Waals surface area contributed by atoms with Crippen LogP contribution in [0.1, 0.15) is 43.2 Å². The average molecular weight is 429 g/mol. The van der Waals surface area contributed by atoms with E-state index in [0.29, 0.717) is 25.9 Å². The molecular formula is C25H30F2N2O2. The molecule has 31 heavy (non-hydrogen) atoms. The molecule has 4 nitrogen and oxygen atoms in total. The molecule has 6 heteroatoms. The standard InChI is InChI=1S/C25H30F2N2O2/c26-20-7-3-18(4-8-20)15-22(29-14-11-23(30)17-29)16-28-24(31)25(12-1-2-13-25)19-5-9-21(27)10-6-19/h3-10,22-23,30H,1-2,11-17H2,(H,28,31). The Morgan fingerprint density at radius 2 is 1.68 bits per heavy atom. The number of carbonyl (C=O) groups is 1. The van der Waals surface area contributed by atoms with Crippen LogP contribution in [0.15, 0.2) is 48.5 Å². The number of aliphatic hydroxyl groups excluding tert-OH is 1. The van der Waals surface area contributed by atoms with Crippen molar-refractivity contribution in [1.82, 2.24) is 10.2 Å². The lowest BCUT2D eigenvalue weighted by Crippen LogP contribution is -2.49. The van der Waals surface area contributed by atoms with E-state index in [-0.39, 0.29) is 29.7 Å². The van der Waals surface area contributed by atoms with Crippen LogP contribution >= 0.6 is 0 Å². The molecule has 2 aromatic carbocycles. The first-order valence-corrected chi connectivity index (χ1v) is 11.2. The second-order valence-corrected chi connectivity index (χ2v) is 8.93. The first-order valence-electron chi connectivity index (χ1n) is 11.2. The fourth-order valence-corrected chi connectivity index (χ4v) is 5.10. The van der Waals surface area contributed by atoms with Gasteiger partial charge in [-0.2, -0.15) is 0 Å². The third-order valence-corrected chi connectivity index (χ3v) is 6.88. The third-order valence-electron chi connectivity index (χ3n) is 6.88. The number of hydrogen-bond acceptors (Lipinski definition) is 3. The van der Waals surface area contributed by atoms with E-state index in [2.05, 4.69) is 10.2 Å². The Labute approximate surface area is 182 Å². The summed E-state index contributed by atoms with van der Waals surface area (Å²) in [5.41, 5.74) is 1.25. The first kappa shape index (κ1) is 21.9. The summed E-state index contributed by atoms with van der Waals surface area (Å²) in [6.07, 6.45) is 4.49. The van der Waals surface area contributed by atoms with Gasteiger partial charge < -0.3 is 10.4 Å². The number of carbonyl (C=O) groups excluding carboxylic acids is 1. The zero-order valence-corrected chi connectivity index (χ0v) is 17.7. The minimum atomic E-state index is -0.612. The van der Waals surface area contributed by atoms with Gasteiger partial charge in [0.2, 0.25) is 5.91 Å². The molecule has 1 aliphatic carbocycles. The molecule has 2 unspecified atom stereocenters. The Bertz CT molecular complexity index is 879. The Morgan fingerprint density at radius 1 is 1.06 bits per heavy atom.